The summed E-state index contributed by atoms with van der Waals surface area (Å²) in [7, 11) is 0. The standard InChI is InChI=1S/C14H14BrNO.2C2H6.CH3Cl/c15-13-7-3-1-6-12(13)10-17-14-8-4-2-5-11(14)9-16;3*1-2/h1-8H,9-10,16H2;2*1-2H3;1H3. The Bertz CT molecular complexity index is 506. The van der Waals surface area contributed by atoms with Crippen LogP contribution in [-0.4, -0.2) is 6.38 Å². The smallest absolute Gasteiger partial charge is 0.124 e. The van der Waals surface area contributed by atoms with E-state index in [-0.39, 0.29) is 0 Å². The van der Waals surface area contributed by atoms with Gasteiger partial charge in [-0.25, -0.2) is 0 Å². The molecule has 0 spiro atoms. The van der Waals surface area contributed by atoms with E-state index in [9.17, 15) is 0 Å². The lowest BCUT2D eigenvalue weighted by molar-refractivity contribution is 0.302. The minimum atomic E-state index is 0.492. The number of para-hydroxylation sites is 1. The van der Waals surface area contributed by atoms with Gasteiger partial charge in [0.15, 0.2) is 0 Å². The maximum absolute atomic E-state index is 5.78. The molecular formula is C19H29BrClNO. The van der Waals surface area contributed by atoms with Crippen LogP contribution in [0, 0.1) is 0 Å². The molecular weight excluding hydrogens is 374 g/mol. The summed E-state index contributed by atoms with van der Waals surface area (Å²) in [5, 5.41) is 0. The highest BCUT2D eigenvalue weighted by molar-refractivity contribution is 9.10. The Kier molecular flexibility index (Phi) is 18.2. The molecule has 2 aromatic carbocycles. The zero-order valence-electron chi connectivity index (χ0n) is 14.8. The molecule has 0 fully saturated rings. The van der Waals surface area contributed by atoms with Crippen molar-refractivity contribution in [3.05, 3.63) is 64.1 Å². The predicted molar refractivity (Wildman–Crippen MR) is 107 cm³/mol. The zero-order chi connectivity index (χ0) is 18.1. The number of hydrogen-bond donors (Lipinski definition) is 1. The van der Waals surface area contributed by atoms with Crippen molar-refractivity contribution in [2.24, 2.45) is 5.73 Å². The number of hydrogen-bond acceptors (Lipinski definition) is 2. The number of ether oxygens (including phenoxy) is 1. The maximum atomic E-state index is 5.78. The average Bonchev–Trinajstić information content (AvgIpc) is 2.66. The second-order valence-electron chi connectivity index (χ2n) is 3.69. The molecule has 0 aliphatic heterocycles. The van der Waals surface area contributed by atoms with Crippen LogP contribution in [0.5, 0.6) is 5.75 Å². The molecule has 23 heavy (non-hydrogen) atoms. The van der Waals surface area contributed by atoms with E-state index in [0.29, 0.717) is 13.2 Å². The zero-order valence-corrected chi connectivity index (χ0v) is 17.1. The molecule has 4 heteroatoms. The fraction of sp³-hybridized carbons (Fsp3) is 0.368. The minimum absolute atomic E-state index is 0.492. The third-order valence-corrected chi connectivity index (χ3v) is 3.31. The van der Waals surface area contributed by atoms with Gasteiger partial charge in [0.05, 0.1) is 0 Å². The third kappa shape index (κ3) is 9.65. The highest BCUT2D eigenvalue weighted by Gasteiger charge is 2.03. The molecule has 0 aliphatic carbocycles. The van der Waals surface area contributed by atoms with E-state index in [1.165, 1.54) is 6.38 Å². The van der Waals surface area contributed by atoms with Gasteiger partial charge in [-0.1, -0.05) is 80.0 Å². The molecule has 2 N–H and O–H groups in total. The molecule has 0 bridgehead atoms. The number of rotatable bonds is 4. The van der Waals surface area contributed by atoms with Gasteiger partial charge in [-0.3, -0.25) is 0 Å². The van der Waals surface area contributed by atoms with E-state index < -0.39 is 0 Å². The van der Waals surface area contributed by atoms with Crippen molar-refractivity contribution in [2.45, 2.75) is 40.8 Å². The molecule has 0 amide bonds. The number of halogens is 2. The van der Waals surface area contributed by atoms with Gasteiger partial charge < -0.3 is 10.5 Å². The molecule has 2 rings (SSSR count). The summed E-state index contributed by atoms with van der Waals surface area (Å²) in [6.45, 7) is 9.03. The average molecular weight is 403 g/mol. The van der Waals surface area contributed by atoms with E-state index in [1.54, 1.807) is 0 Å². The van der Waals surface area contributed by atoms with Crippen molar-refractivity contribution >= 4 is 27.5 Å². The van der Waals surface area contributed by atoms with E-state index >= 15 is 0 Å². The fourth-order valence-electron chi connectivity index (χ4n) is 1.58. The largest absolute Gasteiger partial charge is 0.489 e. The third-order valence-electron chi connectivity index (χ3n) is 2.53. The van der Waals surface area contributed by atoms with Crippen LogP contribution >= 0.6 is 27.5 Å². The molecule has 2 nitrogen and oxygen atoms in total. The molecule has 0 saturated heterocycles. The number of alkyl halides is 1. The van der Waals surface area contributed by atoms with Crippen molar-refractivity contribution in [3.63, 3.8) is 0 Å². The van der Waals surface area contributed by atoms with Crippen molar-refractivity contribution in [1.29, 1.82) is 0 Å². The van der Waals surface area contributed by atoms with Gasteiger partial charge in [-0.05, 0) is 12.1 Å². The van der Waals surface area contributed by atoms with Crippen LogP contribution in [0.1, 0.15) is 38.8 Å². The van der Waals surface area contributed by atoms with Gasteiger partial charge in [-0.15, -0.1) is 11.6 Å². The van der Waals surface area contributed by atoms with E-state index in [0.717, 1.165) is 21.3 Å². The van der Waals surface area contributed by atoms with Gasteiger partial charge in [0, 0.05) is 28.5 Å². The summed E-state index contributed by atoms with van der Waals surface area (Å²) in [5.74, 6) is 0.853. The molecule has 0 radical (unpaired) electrons. The van der Waals surface area contributed by atoms with Crippen molar-refractivity contribution in [1.82, 2.24) is 0 Å². The maximum Gasteiger partial charge on any atom is 0.124 e. The van der Waals surface area contributed by atoms with Crippen LogP contribution < -0.4 is 10.5 Å². The molecule has 0 aliphatic rings. The van der Waals surface area contributed by atoms with Crippen LogP contribution in [0.2, 0.25) is 0 Å². The Balaban J connectivity index is 0. The molecule has 130 valence electrons. The predicted octanol–water partition coefficient (Wildman–Crippen LogP) is 6.39. The summed E-state index contributed by atoms with van der Waals surface area (Å²) >= 11 is 8.14. The van der Waals surface area contributed by atoms with Gasteiger partial charge >= 0.3 is 0 Å². The first kappa shape index (κ1) is 24.2. The van der Waals surface area contributed by atoms with Gasteiger partial charge in [0.25, 0.3) is 0 Å². The number of nitrogens with two attached hydrogens (primary N) is 1. The van der Waals surface area contributed by atoms with E-state index in [4.69, 9.17) is 10.5 Å². The second kappa shape index (κ2) is 17.3. The summed E-state index contributed by atoms with van der Waals surface area (Å²) in [4.78, 5) is 0. The van der Waals surface area contributed by atoms with Gasteiger partial charge in [0.2, 0.25) is 0 Å². The molecule has 0 aromatic heterocycles. The first-order valence-electron chi connectivity index (χ1n) is 7.83. The van der Waals surface area contributed by atoms with E-state index in [2.05, 4.69) is 27.5 Å². The Morgan fingerprint density at radius 3 is 1.87 bits per heavy atom. The fourth-order valence-corrected chi connectivity index (χ4v) is 1.98. The topological polar surface area (TPSA) is 35.2 Å². The number of benzene rings is 2. The SMILES string of the molecule is CC.CC.CCl.NCc1ccccc1OCc1ccccc1Br. The summed E-state index contributed by atoms with van der Waals surface area (Å²) < 4.78 is 6.85. The Hall–Kier alpha value is -1.03. The lowest BCUT2D eigenvalue weighted by atomic mass is 10.2. The Labute approximate surface area is 155 Å². The van der Waals surface area contributed by atoms with Crippen LogP contribution in [0.4, 0.5) is 0 Å². The van der Waals surface area contributed by atoms with Crippen LogP contribution in [-0.2, 0) is 13.2 Å². The summed E-state index contributed by atoms with van der Waals surface area (Å²) in [6.07, 6.45) is 1.47. The molecule has 2 aromatic rings. The van der Waals surface area contributed by atoms with Gasteiger partial charge in [-0.2, -0.15) is 0 Å². The van der Waals surface area contributed by atoms with Crippen LogP contribution in [0.25, 0.3) is 0 Å². The quantitative estimate of drug-likeness (QED) is 0.601. The second-order valence-corrected chi connectivity index (χ2v) is 4.55. The van der Waals surface area contributed by atoms with Crippen molar-refractivity contribution in [2.75, 3.05) is 6.38 Å². The highest BCUT2D eigenvalue weighted by Crippen LogP contribution is 2.21. The van der Waals surface area contributed by atoms with Crippen molar-refractivity contribution in [3.8, 4) is 5.75 Å². The molecule has 0 heterocycles. The minimum Gasteiger partial charge on any atom is -0.489 e. The molecule has 0 atom stereocenters. The molecule has 0 unspecified atom stereocenters. The summed E-state index contributed by atoms with van der Waals surface area (Å²) in [5.41, 5.74) is 7.81. The first-order chi connectivity index (χ1) is 11.3. The van der Waals surface area contributed by atoms with E-state index in [1.807, 2.05) is 76.2 Å². The normalized spacial score (nSPS) is 8.35. The first-order valence-corrected chi connectivity index (χ1v) is 9.38. The lowest BCUT2D eigenvalue weighted by Crippen LogP contribution is -2.02. The summed E-state index contributed by atoms with van der Waals surface area (Å²) in [6, 6.07) is 15.9. The lowest BCUT2D eigenvalue weighted by Gasteiger charge is -2.11. The van der Waals surface area contributed by atoms with Gasteiger partial charge in [0.1, 0.15) is 12.4 Å². The van der Waals surface area contributed by atoms with Crippen LogP contribution in [0.3, 0.4) is 0 Å². The Morgan fingerprint density at radius 2 is 1.35 bits per heavy atom. The highest BCUT2D eigenvalue weighted by atomic mass is 79.9. The monoisotopic (exact) mass is 401 g/mol. The molecule has 0 saturated carbocycles. The Morgan fingerprint density at radius 1 is 0.870 bits per heavy atom. The van der Waals surface area contributed by atoms with Crippen LogP contribution in [0.15, 0.2) is 53.0 Å². The van der Waals surface area contributed by atoms with Crippen molar-refractivity contribution < 1.29 is 4.74 Å².